The van der Waals surface area contributed by atoms with E-state index >= 15 is 0 Å². The van der Waals surface area contributed by atoms with Crippen LogP contribution in [-0.2, 0) is 9.53 Å². The molecule has 1 aliphatic carbocycles. The van der Waals surface area contributed by atoms with Crippen LogP contribution in [0.15, 0.2) is 24.4 Å². The van der Waals surface area contributed by atoms with Gasteiger partial charge in [-0.1, -0.05) is 12.8 Å². The van der Waals surface area contributed by atoms with E-state index < -0.39 is 5.41 Å². The van der Waals surface area contributed by atoms with Gasteiger partial charge in [0.25, 0.3) is 5.91 Å². The SMILES string of the molecule is COc1cc(C(=O)N2CC(OC)C2)ccc1Nc1ncc2c(n1)N(C1CCCC1)CC(C)(C)C(=O)N2C. The number of carbonyl (C=O) groups excluding carboxylic acids is 2. The molecule has 0 spiro atoms. The van der Waals surface area contributed by atoms with Crippen molar-refractivity contribution in [1.82, 2.24) is 14.9 Å². The van der Waals surface area contributed by atoms with E-state index in [4.69, 9.17) is 14.5 Å². The highest BCUT2D eigenvalue weighted by molar-refractivity contribution is 6.01. The van der Waals surface area contributed by atoms with Gasteiger partial charge in [-0.3, -0.25) is 9.59 Å². The van der Waals surface area contributed by atoms with E-state index in [0.717, 1.165) is 18.7 Å². The fourth-order valence-corrected chi connectivity index (χ4v) is 5.51. The Morgan fingerprint density at radius 1 is 1.16 bits per heavy atom. The summed E-state index contributed by atoms with van der Waals surface area (Å²) in [4.78, 5) is 41.2. The van der Waals surface area contributed by atoms with Gasteiger partial charge in [0.05, 0.1) is 30.5 Å². The van der Waals surface area contributed by atoms with E-state index in [-0.39, 0.29) is 17.9 Å². The Kier molecular flexibility index (Phi) is 6.70. The molecule has 3 heterocycles. The van der Waals surface area contributed by atoms with Gasteiger partial charge in [-0.2, -0.15) is 4.98 Å². The Morgan fingerprint density at radius 2 is 1.89 bits per heavy atom. The summed E-state index contributed by atoms with van der Waals surface area (Å²) in [5.74, 6) is 1.70. The van der Waals surface area contributed by atoms with E-state index in [9.17, 15) is 9.59 Å². The largest absolute Gasteiger partial charge is 0.495 e. The molecule has 2 fully saturated rings. The lowest BCUT2D eigenvalue weighted by Crippen LogP contribution is -2.54. The molecular weight excluding hydrogens is 472 g/mol. The van der Waals surface area contributed by atoms with Gasteiger partial charge in [-0.05, 0) is 44.9 Å². The Bertz CT molecular complexity index is 1190. The number of ether oxygens (including phenoxy) is 2. The molecular formula is C27H36N6O4. The van der Waals surface area contributed by atoms with Crippen LogP contribution in [0, 0.1) is 5.41 Å². The first-order valence-corrected chi connectivity index (χ1v) is 12.9. The minimum atomic E-state index is -0.545. The third kappa shape index (κ3) is 4.70. The van der Waals surface area contributed by atoms with Crippen molar-refractivity contribution in [2.24, 2.45) is 5.41 Å². The van der Waals surface area contributed by atoms with Crippen LogP contribution < -0.4 is 19.9 Å². The number of likely N-dealkylation sites (tertiary alicyclic amines) is 1. The molecule has 5 rings (SSSR count). The third-order valence-electron chi connectivity index (χ3n) is 7.76. The number of carbonyl (C=O) groups is 2. The van der Waals surface area contributed by atoms with E-state index in [1.807, 2.05) is 19.9 Å². The number of fused-ring (bicyclic) bond motifs is 1. The first-order valence-electron chi connectivity index (χ1n) is 12.9. The summed E-state index contributed by atoms with van der Waals surface area (Å²) in [6, 6.07) is 5.66. The second-order valence-electron chi connectivity index (χ2n) is 10.8. The molecule has 1 saturated heterocycles. The van der Waals surface area contributed by atoms with Crippen molar-refractivity contribution >= 4 is 35.0 Å². The van der Waals surface area contributed by atoms with Gasteiger partial charge in [-0.25, -0.2) is 4.98 Å². The fraction of sp³-hybridized carbons (Fsp3) is 0.556. The Hall–Kier alpha value is -3.40. The predicted octanol–water partition coefficient (Wildman–Crippen LogP) is 3.45. The number of methoxy groups -OCH3 is 2. The molecule has 0 atom stereocenters. The number of hydrogen-bond acceptors (Lipinski definition) is 8. The summed E-state index contributed by atoms with van der Waals surface area (Å²) in [7, 11) is 5.02. The van der Waals surface area contributed by atoms with E-state index in [0.29, 0.717) is 54.3 Å². The van der Waals surface area contributed by atoms with Crippen LogP contribution in [0.1, 0.15) is 49.9 Å². The predicted molar refractivity (Wildman–Crippen MR) is 142 cm³/mol. The quantitative estimate of drug-likeness (QED) is 0.633. The highest BCUT2D eigenvalue weighted by atomic mass is 16.5. The van der Waals surface area contributed by atoms with Gasteiger partial charge in [0, 0.05) is 45.4 Å². The summed E-state index contributed by atoms with van der Waals surface area (Å²) < 4.78 is 10.9. The lowest BCUT2D eigenvalue weighted by Gasteiger charge is -2.38. The van der Waals surface area contributed by atoms with Crippen molar-refractivity contribution in [1.29, 1.82) is 0 Å². The van der Waals surface area contributed by atoms with E-state index in [1.54, 1.807) is 49.4 Å². The molecule has 1 N–H and O–H groups in total. The lowest BCUT2D eigenvalue weighted by atomic mass is 9.91. The van der Waals surface area contributed by atoms with E-state index in [1.165, 1.54) is 12.8 Å². The van der Waals surface area contributed by atoms with Crippen molar-refractivity contribution in [2.45, 2.75) is 51.7 Å². The number of anilines is 4. The normalized spacial score (nSPS) is 19.9. The molecule has 2 amide bonds. The number of hydrogen-bond donors (Lipinski definition) is 1. The zero-order valence-corrected chi connectivity index (χ0v) is 22.3. The fourth-order valence-electron chi connectivity index (χ4n) is 5.51. The molecule has 3 aliphatic rings. The maximum Gasteiger partial charge on any atom is 0.254 e. The summed E-state index contributed by atoms with van der Waals surface area (Å²) in [5.41, 5.74) is 1.37. The van der Waals surface area contributed by atoms with Crippen molar-refractivity contribution in [2.75, 3.05) is 56.0 Å². The van der Waals surface area contributed by atoms with Gasteiger partial charge in [0.15, 0.2) is 5.82 Å². The first-order chi connectivity index (χ1) is 17.7. The average Bonchev–Trinajstić information content (AvgIpc) is 3.38. The average molecular weight is 509 g/mol. The Balaban J connectivity index is 1.43. The monoisotopic (exact) mass is 508 g/mol. The van der Waals surface area contributed by atoms with Crippen molar-refractivity contribution < 1.29 is 19.1 Å². The molecule has 2 aliphatic heterocycles. The summed E-state index contributed by atoms with van der Waals surface area (Å²) in [6.07, 6.45) is 6.36. The second kappa shape index (κ2) is 9.81. The number of benzene rings is 1. The highest BCUT2D eigenvalue weighted by Gasteiger charge is 2.41. The Morgan fingerprint density at radius 3 is 2.57 bits per heavy atom. The van der Waals surface area contributed by atoms with Gasteiger partial charge in [0.2, 0.25) is 11.9 Å². The molecule has 10 heteroatoms. The summed E-state index contributed by atoms with van der Waals surface area (Å²) >= 11 is 0. The molecule has 1 aromatic heterocycles. The minimum absolute atomic E-state index is 0.0537. The number of nitrogens with one attached hydrogen (secondary N) is 1. The Labute approximate surface area is 217 Å². The molecule has 0 unspecified atom stereocenters. The molecule has 1 saturated carbocycles. The molecule has 0 radical (unpaired) electrons. The van der Waals surface area contributed by atoms with Gasteiger partial charge in [-0.15, -0.1) is 0 Å². The third-order valence-corrected chi connectivity index (χ3v) is 7.76. The van der Waals surface area contributed by atoms with Crippen molar-refractivity contribution in [3.63, 3.8) is 0 Å². The van der Waals surface area contributed by atoms with Crippen LogP contribution in [-0.4, -0.2) is 79.7 Å². The van der Waals surface area contributed by atoms with Crippen LogP contribution >= 0.6 is 0 Å². The summed E-state index contributed by atoms with van der Waals surface area (Å²) in [5, 5.41) is 3.27. The number of amides is 2. The van der Waals surface area contributed by atoms with Gasteiger partial charge in [0.1, 0.15) is 11.4 Å². The maximum atomic E-state index is 13.2. The number of aromatic nitrogens is 2. The molecule has 198 valence electrons. The highest BCUT2D eigenvalue weighted by Crippen LogP contribution is 2.40. The molecule has 0 bridgehead atoms. The maximum absolute atomic E-state index is 13.2. The lowest BCUT2D eigenvalue weighted by molar-refractivity contribution is -0.125. The van der Waals surface area contributed by atoms with Crippen molar-refractivity contribution in [3.8, 4) is 5.75 Å². The minimum Gasteiger partial charge on any atom is -0.495 e. The number of rotatable bonds is 6. The van der Waals surface area contributed by atoms with Crippen molar-refractivity contribution in [3.05, 3.63) is 30.0 Å². The van der Waals surface area contributed by atoms with Crippen LogP contribution in [0.3, 0.4) is 0 Å². The zero-order valence-electron chi connectivity index (χ0n) is 22.3. The molecule has 37 heavy (non-hydrogen) atoms. The second-order valence-corrected chi connectivity index (χ2v) is 10.8. The standard InChI is InChI=1S/C27H36N6O4/c1-27(2)16-33(18-8-6-7-9-18)23-21(31(3)25(27)35)13-28-26(30-23)29-20-11-10-17(12-22(20)37-5)24(34)32-14-19(15-32)36-4/h10-13,18-19H,6-9,14-16H2,1-5H3,(H,28,29,30). The number of nitrogens with zero attached hydrogens (tertiary/aromatic N) is 5. The topological polar surface area (TPSA) is 100 Å². The van der Waals surface area contributed by atoms with Crippen LogP contribution in [0.2, 0.25) is 0 Å². The molecule has 2 aromatic rings. The molecule has 10 nitrogen and oxygen atoms in total. The first kappa shape index (κ1) is 25.3. The van der Waals surface area contributed by atoms with E-state index in [2.05, 4.69) is 15.2 Å². The van der Waals surface area contributed by atoms with Crippen LogP contribution in [0.25, 0.3) is 0 Å². The zero-order chi connectivity index (χ0) is 26.3. The van der Waals surface area contributed by atoms with Gasteiger partial charge < -0.3 is 29.5 Å². The van der Waals surface area contributed by atoms with Crippen LogP contribution in [0.5, 0.6) is 5.75 Å². The van der Waals surface area contributed by atoms with Crippen LogP contribution in [0.4, 0.5) is 23.1 Å². The van der Waals surface area contributed by atoms with Gasteiger partial charge >= 0.3 is 0 Å². The molecule has 1 aromatic carbocycles. The smallest absolute Gasteiger partial charge is 0.254 e. The summed E-state index contributed by atoms with van der Waals surface area (Å²) in [6.45, 7) is 5.77.